The van der Waals surface area contributed by atoms with Crippen molar-refractivity contribution in [2.45, 2.75) is 6.92 Å². The summed E-state index contributed by atoms with van der Waals surface area (Å²) in [5, 5.41) is 8.69. The second kappa shape index (κ2) is 5.14. The number of anilines is 2. The molecule has 3 aromatic rings. The SMILES string of the molecule is Cc1cc(Nc2c(C(N)=S)cnc3ccccc23)n(C)n1. The van der Waals surface area contributed by atoms with E-state index in [1.807, 2.05) is 44.3 Å². The molecule has 3 rings (SSSR count). The van der Waals surface area contributed by atoms with Gasteiger partial charge in [0.1, 0.15) is 10.8 Å². The van der Waals surface area contributed by atoms with Crippen LogP contribution in [0.25, 0.3) is 10.9 Å². The van der Waals surface area contributed by atoms with E-state index in [2.05, 4.69) is 15.4 Å². The number of hydrogen-bond donors (Lipinski definition) is 2. The molecule has 0 radical (unpaired) electrons. The minimum absolute atomic E-state index is 0.314. The zero-order valence-electron chi connectivity index (χ0n) is 11.8. The molecule has 0 aliphatic carbocycles. The maximum absolute atomic E-state index is 5.83. The van der Waals surface area contributed by atoms with Gasteiger partial charge in [-0.2, -0.15) is 5.10 Å². The van der Waals surface area contributed by atoms with E-state index in [0.29, 0.717) is 4.99 Å². The summed E-state index contributed by atoms with van der Waals surface area (Å²) in [5.74, 6) is 0.876. The van der Waals surface area contributed by atoms with E-state index in [-0.39, 0.29) is 0 Å². The second-order valence-corrected chi connectivity index (χ2v) is 5.29. The summed E-state index contributed by atoms with van der Waals surface area (Å²) in [5.41, 5.74) is 9.24. The molecule has 0 fully saturated rings. The van der Waals surface area contributed by atoms with E-state index in [0.717, 1.165) is 33.7 Å². The van der Waals surface area contributed by atoms with Crippen molar-refractivity contribution in [1.82, 2.24) is 14.8 Å². The van der Waals surface area contributed by atoms with Crippen LogP contribution in [0.15, 0.2) is 36.5 Å². The molecular weight excluding hydrogens is 282 g/mol. The Bertz CT molecular complexity index is 837. The molecule has 6 heteroatoms. The fraction of sp³-hybridized carbons (Fsp3) is 0.133. The Morgan fingerprint density at radius 1 is 1.33 bits per heavy atom. The smallest absolute Gasteiger partial charge is 0.128 e. The number of hydrogen-bond acceptors (Lipinski definition) is 4. The molecule has 0 spiro atoms. The largest absolute Gasteiger partial charge is 0.389 e. The van der Waals surface area contributed by atoms with Crippen LogP contribution < -0.4 is 11.1 Å². The summed E-state index contributed by atoms with van der Waals surface area (Å²) in [6.07, 6.45) is 1.70. The Hall–Kier alpha value is -2.47. The predicted octanol–water partition coefficient (Wildman–Crippen LogP) is 2.65. The average Bonchev–Trinajstić information content (AvgIpc) is 2.77. The summed E-state index contributed by atoms with van der Waals surface area (Å²) >= 11 is 5.14. The normalized spacial score (nSPS) is 10.8. The monoisotopic (exact) mass is 297 g/mol. The quantitative estimate of drug-likeness (QED) is 0.727. The summed E-state index contributed by atoms with van der Waals surface area (Å²) < 4.78 is 1.79. The molecule has 21 heavy (non-hydrogen) atoms. The van der Waals surface area contributed by atoms with Gasteiger partial charge in [-0.15, -0.1) is 0 Å². The highest BCUT2D eigenvalue weighted by Crippen LogP contribution is 2.29. The van der Waals surface area contributed by atoms with Gasteiger partial charge in [-0.1, -0.05) is 30.4 Å². The third-order valence-corrected chi connectivity index (χ3v) is 3.52. The van der Waals surface area contributed by atoms with E-state index < -0.39 is 0 Å². The van der Waals surface area contributed by atoms with Gasteiger partial charge in [-0.05, 0) is 13.0 Å². The average molecular weight is 297 g/mol. The van der Waals surface area contributed by atoms with Crippen LogP contribution in [-0.2, 0) is 7.05 Å². The zero-order chi connectivity index (χ0) is 15.0. The van der Waals surface area contributed by atoms with Crippen LogP contribution in [-0.4, -0.2) is 19.8 Å². The highest BCUT2D eigenvalue weighted by atomic mass is 32.1. The number of thiocarbonyl (C=S) groups is 1. The van der Waals surface area contributed by atoms with E-state index in [4.69, 9.17) is 18.0 Å². The van der Waals surface area contributed by atoms with Crippen molar-refractivity contribution in [3.63, 3.8) is 0 Å². The Morgan fingerprint density at radius 3 is 2.76 bits per heavy atom. The molecule has 5 nitrogen and oxygen atoms in total. The van der Waals surface area contributed by atoms with Crippen LogP contribution in [0.4, 0.5) is 11.5 Å². The minimum atomic E-state index is 0.314. The molecule has 0 aliphatic heterocycles. The number of aromatic nitrogens is 3. The summed E-state index contributed by atoms with van der Waals surface area (Å²) in [6.45, 7) is 1.95. The molecule has 0 bridgehead atoms. The number of rotatable bonds is 3. The van der Waals surface area contributed by atoms with Crippen LogP contribution >= 0.6 is 12.2 Å². The third-order valence-electron chi connectivity index (χ3n) is 3.30. The van der Waals surface area contributed by atoms with Gasteiger partial charge >= 0.3 is 0 Å². The molecule has 2 heterocycles. The predicted molar refractivity (Wildman–Crippen MR) is 88.9 cm³/mol. The van der Waals surface area contributed by atoms with Crippen molar-refractivity contribution in [3.05, 3.63) is 47.8 Å². The van der Waals surface area contributed by atoms with Crippen molar-refractivity contribution in [2.75, 3.05) is 5.32 Å². The van der Waals surface area contributed by atoms with Gasteiger partial charge < -0.3 is 11.1 Å². The van der Waals surface area contributed by atoms with Crippen LogP contribution in [0.2, 0.25) is 0 Å². The summed E-state index contributed by atoms with van der Waals surface area (Å²) in [7, 11) is 1.89. The topological polar surface area (TPSA) is 68.8 Å². The summed E-state index contributed by atoms with van der Waals surface area (Å²) in [6, 6.07) is 9.84. The molecule has 0 unspecified atom stereocenters. The first-order chi connectivity index (χ1) is 10.1. The van der Waals surface area contributed by atoms with E-state index in [1.165, 1.54) is 0 Å². The molecule has 0 atom stereocenters. The lowest BCUT2D eigenvalue weighted by atomic mass is 10.1. The fourth-order valence-corrected chi connectivity index (χ4v) is 2.47. The van der Waals surface area contributed by atoms with Crippen LogP contribution in [0.3, 0.4) is 0 Å². The van der Waals surface area contributed by atoms with E-state index in [1.54, 1.807) is 10.9 Å². The number of pyridine rings is 1. The van der Waals surface area contributed by atoms with Gasteiger partial charge in [0.15, 0.2) is 0 Å². The lowest BCUT2D eigenvalue weighted by Crippen LogP contribution is -2.13. The van der Waals surface area contributed by atoms with Crippen molar-refractivity contribution in [2.24, 2.45) is 12.8 Å². The molecule has 0 saturated carbocycles. The number of nitrogens with two attached hydrogens (primary N) is 1. The Balaban J connectivity index is 2.21. The molecule has 0 saturated heterocycles. The van der Waals surface area contributed by atoms with Crippen LogP contribution in [0.1, 0.15) is 11.3 Å². The van der Waals surface area contributed by atoms with Crippen LogP contribution in [0, 0.1) is 6.92 Å². The second-order valence-electron chi connectivity index (χ2n) is 4.85. The Kier molecular flexibility index (Phi) is 3.31. The highest BCUT2D eigenvalue weighted by molar-refractivity contribution is 7.80. The third kappa shape index (κ3) is 2.45. The first-order valence-electron chi connectivity index (χ1n) is 6.51. The first-order valence-corrected chi connectivity index (χ1v) is 6.92. The minimum Gasteiger partial charge on any atom is -0.389 e. The zero-order valence-corrected chi connectivity index (χ0v) is 12.6. The van der Waals surface area contributed by atoms with Gasteiger partial charge in [-0.25, -0.2) is 0 Å². The molecule has 2 aromatic heterocycles. The van der Waals surface area contributed by atoms with E-state index >= 15 is 0 Å². The molecule has 0 amide bonds. The van der Waals surface area contributed by atoms with Crippen molar-refractivity contribution in [1.29, 1.82) is 0 Å². The first kappa shape index (κ1) is 13.5. The van der Waals surface area contributed by atoms with Gasteiger partial charge in [0.2, 0.25) is 0 Å². The standard InChI is InChI=1S/C15H15N5S/c1-9-7-13(20(2)19-9)18-14-10-5-3-4-6-12(10)17-8-11(14)15(16)21/h3-8H,1-2H3,(H2,16,21)(H,17,18). The molecule has 0 aliphatic rings. The Morgan fingerprint density at radius 2 is 2.10 bits per heavy atom. The number of para-hydroxylation sites is 1. The molecule has 1 aromatic carbocycles. The molecular formula is C15H15N5S. The number of fused-ring (bicyclic) bond motifs is 1. The van der Waals surface area contributed by atoms with Crippen molar-refractivity contribution < 1.29 is 0 Å². The Labute approximate surface area is 127 Å². The maximum Gasteiger partial charge on any atom is 0.128 e. The van der Waals surface area contributed by atoms with Gasteiger partial charge in [0, 0.05) is 24.7 Å². The lowest BCUT2D eigenvalue weighted by molar-refractivity contribution is 0.765. The lowest BCUT2D eigenvalue weighted by Gasteiger charge is -2.13. The number of nitrogens with zero attached hydrogens (tertiary/aromatic N) is 3. The van der Waals surface area contributed by atoms with Gasteiger partial charge in [0.25, 0.3) is 0 Å². The molecule has 3 N–H and O–H groups in total. The summed E-state index contributed by atoms with van der Waals surface area (Å²) in [4.78, 5) is 4.72. The highest BCUT2D eigenvalue weighted by Gasteiger charge is 2.13. The maximum atomic E-state index is 5.83. The van der Waals surface area contributed by atoms with Crippen molar-refractivity contribution >= 4 is 39.6 Å². The number of aryl methyl sites for hydroxylation is 2. The van der Waals surface area contributed by atoms with E-state index in [9.17, 15) is 0 Å². The van der Waals surface area contributed by atoms with Crippen molar-refractivity contribution in [3.8, 4) is 0 Å². The van der Waals surface area contributed by atoms with Crippen LogP contribution in [0.5, 0.6) is 0 Å². The molecule has 106 valence electrons. The number of benzene rings is 1. The fourth-order valence-electron chi connectivity index (χ4n) is 2.32. The van der Waals surface area contributed by atoms with Gasteiger partial charge in [-0.3, -0.25) is 9.67 Å². The number of nitrogens with one attached hydrogen (secondary N) is 1. The van der Waals surface area contributed by atoms with Gasteiger partial charge in [0.05, 0.1) is 22.5 Å².